The molecule has 0 N–H and O–H groups in total. The molecule has 1 aliphatic rings. The first kappa shape index (κ1) is 10.2. The van der Waals surface area contributed by atoms with E-state index in [1.54, 1.807) is 0 Å². The van der Waals surface area contributed by atoms with Crippen molar-refractivity contribution in [3.63, 3.8) is 0 Å². The molecule has 0 bridgehead atoms. The molecule has 0 radical (unpaired) electrons. The Labute approximate surface area is 92.6 Å². The number of aryl methyl sites for hydroxylation is 1. The molecule has 1 aromatic rings. The summed E-state index contributed by atoms with van der Waals surface area (Å²) in [6, 6.07) is 0. The van der Waals surface area contributed by atoms with Gasteiger partial charge in [-0.15, -0.1) is 11.3 Å². The molecular formula is C10H14O2S2. The van der Waals surface area contributed by atoms with E-state index < -0.39 is 0 Å². The molecule has 14 heavy (non-hydrogen) atoms. The smallest absolute Gasteiger partial charge is 0.176 e. The minimum absolute atomic E-state index is 0.689. The van der Waals surface area contributed by atoms with Crippen molar-refractivity contribution in [1.29, 1.82) is 0 Å². The van der Waals surface area contributed by atoms with Gasteiger partial charge in [-0.25, -0.2) is 0 Å². The van der Waals surface area contributed by atoms with Crippen molar-refractivity contribution in [3.05, 3.63) is 9.75 Å². The number of rotatable bonds is 3. The van der Waals surface area contributed by atoms with E-state index in [-0.39, 0.29) is 0 Å². The van der Waals surface area contributed by atoms with Crippen LogP contribution in [-0.4, -0.2) is 19.5 Å². The normalized spacial score (nSPS) is 14.4. The van der Waals surface area contributed by atoms with Crippen LogP contribution >= 0.6 is 23.1 Å². The Bertz CT molecular complexity index is 320. The molecule has 78 valence electrons. The lowest BCUT2D eigenvalue weighted by molar-refractivity contribution is 0.171. The maximum Gasteiger partial charge on any atom is 0.176 e. The summed E-state index contributed by atoms with van der Waals surface area (Å²) in [5.41, 5.74) is 0. The Morgan fingerprint density at radius 1 is 1.21 bits per heavy atom. The summed E-state index contributed by atoms with van der Waals surface area (Å²) >= 11 is 3.66. The molecule has 2 heterocycles. The summed E-state index contributed by atoms with van der Waals surface area (Å²) in [7, 11) is 0. The molecule has 0 spiro atoms. The average Bonchev–Trinajstić information content (AvgIpc) is 2.58. The standard InChI is InChI=1S/C10H14O2S2/c1-3-7-9-10(12-5-4-11-9)8(14-7)6-13-2/h3-6H2,1-2H3. The molecule has 1 aromatic heterocycles. The lowest BCUT2D eigenvalue weighted by atomic mass is 10.3. The number of thioether (sulfide) groups is 1. The quantitative estimate of drug-likeness (QED) is 0.795. The van der Waals surface area contributed by atoms with Crippen molar-refractivity contribution < 1.29 is 9.47 Å². The van der Waals surface area contributed by atoms with Crippen LogP contribution in [0.5, 0.6) is 11.5 Å². The summed E-state index contributed by atoms with van der Waals surface area (Å²) in [4.78, 5) is 2.65. The first-order valence-electron chi connectivity index (χ1n) is 4.75. The van der Waals surface area contributed by atoms with E-state index in [0.29, 0.717) is 13.2 Å². The van der Waals surface area contributed by atoms with Crippen LogP contribution in [0.3, 0.4) is 0 Å². The van der Waals surface area contributed by atoms with Crippen molar-refractivity contribution in [2.75, 3.05) is 19.5 Å². The fourth-order valence-electron chi connectivity index (χ4n) is 1.53. The van der Waals surface area contributed by atoms with Crippen LogP contribution in [0.4, 0.5) is 0 Å². The molecule has 2 rings (SSSR count). The molecule has 0 fully saturated rings. The highest BCUT2D eigenvalue weighted by Gasteiger charge is 2.22. The fourth-order valence-corrected chi connectivity index (χ4v) is 3.45. The van der Waals surface area contributed by atoms with Crippen LogP contribution in [0.15, 0.2) is 0 Å². The van der Waals surface area contributed by atoms with Gasteiger partial charge in [0, 0.05) is 5.75 Å². The van der Waals surface area contributed by atoms with E-state index in [0.717, 1.165) is 23.7 Å². The van der Waals surface area contributed by atoms with Crippen molar-refractivity contribution in [2.45, 2.75) is 19.1 Å². The number of fused-ring (bicyclic) bond motifs is 1. The summed E-state index contributed by atoms with van der Waals surface area (Å²) in [6.45, 7) is 3.54. The maximum atomic E-state index is 5.66. The van der Waals surface area contributed by atoms with Crippen LogP contribution in [0.25, 0.3) is 0 Å². The van der Waals surface area contributed by atoms with Crippen LogP contribution in [-0.2, 0) is 12.2 Å². The highest BCUT2D eigenvalue weighted by Crippen LogP contribution is 2.45. The highest BCUT2D eigenvalue weighted by atomic mass is 32.2. The van der Waals surface area contributed by atoms with Gasteiger partial charge in [-0.3, -0.25) is 0 Å². The highest BCUT2D eigenvalue weighted by molar-refractivity contribution is 7.97. The topological polar surface area (TPSA) is 18.5 Å². The lowest BCUT2D eigenvalue weighted by Gasteiger charge is -2.16. The van der Waals surface area contributed by atoms with E-state index in [2.05, 4.69) is 13.2 Å². The first-order valence-corrected chi connectivity index (χ1v) is 6.97. The molecule has 0 aliphatic carbocycles. The first-order chi connectivity index (χ1) is 6.86. The molecule has 0 atom stereocenters. The molecule has 0 aromatic carbocycles. The molecule has 0 amide bonds. The molecule has 0 unspecified atom stereocenters. The van der Waals surface area contributed by atoms with Gasteiger partial charge in [0.1, 0.15) is 13.2 Å². The largest absolute Gasteiger partial charge is 0.485 e. The van der Waals surface area contributed by atoms with Crippen LogP contribution in [0, 0.1) is 0 Å². The monoisotopic (exact) mass is 230 g/mol. The molecular weight excluding hydrogens is 216 g/mol. The lowest BCUT2D eigenvalue weighted by Crippen LogP contribution is -2.15. The molecule has 4 heteroatoms. The molecule has 1 aliphatic heterocycles. The van der Waals surface area contributed by atoms with E-state index >= 15 is 0 Å². The fraction of sp³-hybridized carbons (Fsp3) is 0.600. The minimum atomic E-state index is 0.689. The third-order valence-corrected chi connectivity index (χ3v) is 4.19. The molecule has 0 saturated carbocycles. The van der Waals surface area contributed by atoms with Gasteiger partial charge in [0.05, 0.1) is 9.75 Å². The van der Waals surface area contributed by atoms with Gasteiger partial charge in [0.2, 0.25) is 0 Å². The number of hydrogen-bond donors (Lipinski definition) is 0. The Morgan fingerprint density at radius 2 is 1.86 bits per heavy atom. The molecule has 0 saturated heterocycles. The van der Waals surface area contributed by atoms with Gasteiger partial charge >= 0.3 is 0 Å². The van der Waals surface area contributed by atoms with Crippen molar-refractivity contribution in [3.8, 4) is 11.5 Å². The number of ether oxygens (including phenoxy) is 2. The summed E-state index contributed by atoms with van der Waals surface area (Å²) in [5, 5.41) is 0. The van der Waals surface area contributed by atoms with E-state index in [1.165, 1.54) is 9.75 Å². The summed E-state index contributed by atoms with van der Waals surface area (Å²) < 4.78 is 11.3. The summed E-state index contributed by atoms with van der Waals surface area (Å²) in [6.07, 6.45) is 3.14. The second-order valence-corrected chi connectivity index (χ2v) is 5.15. The van der Waals surface area contributed by atoms with Gasteiger partial charge in [-0.1, -0.05) is 6.92 Å². The van der Waals surface area contributed by atoms with Crippen LogP contribution < -0.4 is 9.47 Å². The molecule has 2 nitrogen and oxygen atoms in total. The maximum absolute atomic E-state index is 5.66. The van der Waals surface area contributed by atoms with Gasteiger partial charge in [-0.2, -0.15) is 11.8 Å². The SMILES string of the molecule is CCc1sc(CSC)c2c1OCCO2. The van der Waals surface area contributed by atoms with Gasteiger partial charge in [0.25, 0.3) is 0 Å². The minimum Gasteiger partial charge on any atom is -0.485 e. The number of thiophene rings is 1. The Hall–Kier alpha value is -0.350. The Kier molecular flexibility index (Phi) is 3.23. The zero-order chi connectivity index (χ0) is 9.97. The van der Waals surface area contributed by atoms with Gasteiger partial charge in [0.15, 0.2) is 11.5 Å². The van der Waals surface area contributed by atoms with E-state index in [1.807, 2.05) is 23.1 Å². The third kappa shape index (κ3) is 1.73. The predicted octanol–water partition coefficient (Wildman–Crippen LogP) is 2.94. The number of hydrogen-bond acceptors (Lipinski definition) is 4. The van der Waals surface area contributed by atoms with Crippen molar-refractivity contribution in [1.82, 2.24) is 0 Å². The Balaban J connectivity index is 2.36. The van der Waals surface area contributed by atoms with E-state index in [9.17, 15) is 0 Å². The van der Waals surface area contributed by atoms with Crippen molar-refractivity contribution in [2.24, 2.45) is 0 Å². The zero-order valence-electron chi connectivity index (χ0n) is 8.46. The third-order valence-electron chi connectivity index (χ3n) is 2.13. The van der Waals surface area contributed by atoms with Crippen molar-refractivity contribution >= 4 is 23.1 Å². The van der Waals surface area contributed by atoms with Gasteiger partial charge in [-0.05, 0) is 12.7 Å². The Morgan fingerprint density at radius 3 is 2.43 bits per heavy atom. The van der Waals surface area contributed by atoms with Gasteiger partial charge < -0.3 is 9.47 Å². The second-order valence-electron chi connectivity index (χ2n) is 3.09. The van der Waals surface area contributed by atoms with Crippen LogP contribution in [0.2, 0.25) is 0 Å². The zero-order valence-corrected chi connectivity index (χ0v) is 10.1. The van der Waals surface area contributed by atoms with E-state index in [4.69, 9.17) is 9.47 Å². The predicted molar refractivity (Wildman–Crippen MR) is 61.9 cm³/mol. The van der Waals surface area contributed by atoms with Crippen LogP contribution in [0.1, 0.15) is 16.7 Å². The summed E-state index contributed by atoms with van der Waals surface area (Å²) in [5.74, 6) is 3.04. The second kappa shape index (κ2) is 4.45. The average molecular weight is 230 g/mol.